The number of carbonyl (C=O) groups excluding carboxylic acids is 1. The minimum Gasteiger partial charge on any atom is -0.494 e. The van der Waals surface area contributed by atoms with Crippen molar-refractivity contribution in [3.8, 4) is 17.2 Å². The molecule has 2 aromatic carbocycles. The van der Waals surface area contributed by atoms with Crippen molar-refractivity contribution >= 4 is 17.4 Å². The van der Waals surface area contributed by atoms with Crippen LogP contribution in [-0.4, -0.2) is 25.9 Å². The number of fused-ring (bicyclic) bond motifs is 2. The van der Waals surface area contributed by atoms with Crippen LogP contribution in [-0.2, 0) is 12.8 Å². The number of anilines is 2. The number of nitrogens with one attached hydrogen (secondary N) is 2. The van der Waals surface area contributed by atoms with Crippen molar-refractivity contribution in [2.24, 2.45) is 0 Å². The average molecular weight is 340 g/mol. The zero-order valence-electron chi connectivity index (χ0n) is 14.1. The normalized spacial score (nSPS) is 14.1. The lowest BCUT2D eigenvalue weighted by Gasteiger charge is -2.14. The molecule has 0 bridgehead atoms. The Morgan fingerprint density at radius 1 is 1.12 bits per heavy atom. The van der Waals surface area contributed by atoms with E-state index in [0.29, 0.717) is 25.5 Å². The van der Waals surface area contributed by atoms with Crippen LogP contribution in [0.4, 0.5) is 16.2 Å². The number of rotatable bonds is 4. The zero-order valence-corrected chi connectivity index (χ0v) is 14.1. The van der Waals surface area contributed by atoms with E-state index in [4.69, 9.17) is 14.2 Å². The summed E-state index contributed by atoms with van der Waals surface area (Å²) < 4.78 is 16.8. The number of benzene rings is 2. The molecule has 6 nitrogen and oxygen atoms in total. The number of hydrogen-bond donors (Lipinski definition) is 2. The van der Waals surface area contributed by atoms with Gasteiger partial charge in [0.05, 0.1) is 25.5 Å². The van der Waals surface area contributed by atoms with Gasteiger partial charge in [0.1, 0.15) is 17.2 Å². The van der Waals surface area contributed by atoms with E-state index >= 15 is 0 Å². The van der Waals surface area contributed by atoms with E-state index in [-0.39, 0.29) is 6.03 Å². The summed E-state index contributed by atoms with van der Waals surface area (Å²) in [5, 5.41) is 5.78. The fourth-order valence-corrected chi connectivity index (χ4v) is 3.19. The van der Waals surface area contributed by atoms with Gasteiger partial charge in [-0.25, -0.2) is 4.79 Å². The van der Waals surface area contributed by atoms with Crippen molar-refractivity contribution in [2.75, 3.05) is 30.5 Å². The molecule has 0 spiro atoms. The van der Waals surface area contributed by atoms with Crippen molar-refractivity contribution in [3.05, 3.63) is 41.5 Å². The maximum atomic E-state index is 12.4. The largest absolute Gasteiger partial charge is 0.494 e. The molecule has 0 aliphatic carbocycles. The van der Waals surface area contributed by atoms with Gasteiger partial charge in [0, 0.05) is 29.7 Å². The van der Waals surface area contributed by atoms with Crippen molar-refractivity contribution in [2.45, 2.75) is 19.8 Å². The minimum atomic E-state index is -0.304. The van der Waals surface area contributed by atoms with Crippen molar-refractivity contribution in [3.63, 3.8) is 0 Å². The molecule has 0 atom stereocenters. The topological polar surface area (TPSA) is 68.8 Å². The molecular formula is C19H20N2O4. The summed E-state index contributed by atoms with van der Waals surface area (Å²) >= 11 is 0. The van der Waals surface area contributed by atoms with Gasteiger partial charge in [-0.2, -0.15) is 0 Å². The van der Waals surface area contributed by atoms with Crippen molar-refractivity contribution in [1.82, 2.24) is 0 Å². The summed E-state index contributed by atoms with van der Waals surface area (Å²) in [5.74, 6) is 2.39. The summed E-state index contributed by atoms with van der Waals surface area (Å²) in [6.45, 7) is 3.81. The summed E-state index contributed by atoms with van der Waals surface area (Å²) in [7, 11) is 0. The molecule has 0 unspecified atom stereocenters. The minimum absolute atomic E-state index is 0.304. The number of urea groups is 1. The predicted molar refractivity (Wildman–Crippen MR) is 95.1 cm³/mol. The molecule has 0 fully saturated rings. The number of carbonyl (C=O) groups is 1. The smallest absolute Gasteiger partial charge is 0.323 e. The average Bonchev–Trinajstić information content (AvgIpc) is 3.25. The van der Waals surface area contributed by atoms with Gasteiger partial charge in [0.15, 0.2) is 0 Å². The first-order valence-electron chi connectivity index (χ1n) is 8.50. The van der Waals surface area contributed by atoms with Crippen LogP contribution in [0.1, 0.15) is 18.1 Å². The summed E-state index contributed by atoms with van der Waals surface area (Å²) in [5.41, 5.74) is 3.51. The van der Waals surface area contributed by atoms with Gasteiger partial charge in [-0.3, -0.25) is 0 Å². The van der Waals surface area contributed by atoms with Gasteiger partial charge < -0.3 is 24.8 Å². The summed E-state index contributed by atoms with van der Waals surface area (Å²) in [4.78, 5) is 12.4. The second kappa shape index (κ2) is 6.55. The molecule has 2 amide bonds. The highest BCUT2D eigenvalue weighted by molar-refractivity contribution is 6.02. The standard InChI is InChI=1S/C19H20N2O4/c1-2-23-14-5-3-13(4-6-14)20-19(22)21-17-15-8-10-24-16(15)11-12-7-9-25-18(12)17/h3-6,11H,2,7-10H2,1H3,(H2,20,21,22). The van der Waals surface area contributed by atoms with Gasteiger partial charge in [-0.1, -0.05) is 0 Å². The van der Waals surface area contributed by atoms with Crippen LogP contribution in [0.15, 0.2) is 30.3 Å². The molecule has 2 N–H and O–H groups in total. The van der Waals surface area contributed by atoms with Crippen LogP contribution in [0.3, 0.4) is 0 Å². The third-order valence-electron chi connectivity index (χ3n) is 4.31. The molecule has 6 heteroatoms. The van der Waals surface area contributed by atoms with E-state index in [9.17, 15) is 4.79 Å². The van der Waals surface area contributed by atoms with Crippen LogP contribution in [0.25, 0.3) is 0 Å². The van der Waals surface area contributed by atoms with E-state index in [0.717, 1.165) is 46.9 Å². The molecule has 0 radical (unpaired) electrons. The Morgan fingerprint density at radius 2 is 1.92 bits per heavy atom. The highest BCUT2D eigenvalue weighted by atomic mass is 16.5. The molecule has 0 aromatic heterocycles. The second-order valence-corrected chi connectivity index (χ2v) is 5.95. The molecule has 2 heterocycles. The SMILES string of the molecule is CCOc1ccc(NC(=O)Nc2c3c(cc4c2OCC4)OCC3)cc1. The van der Waals surface area contributed by atoms with E-state index in [1.807, 2.05) is 37.3 Å². The Kier molecular flexibility index (Phi) is 4.09. The third-order valence-corrected chi connectivity index (χ3v) is 4.31. The summed E-state index contributed by atoms with van der Waals surface area (Å²) in [6.07, 6.45) is 1.60. The Hall–Kier alpha value is -2.89. The van der Waals surface area contributed by atoms with Gasteiger partial charge in [-0.15, -0.1) is 0 Å². The first kappa shape index (κ1) is 15.6. The zero-order chi connectivity index (χ0) is 17.2. The quantitative estimate of drug-likeness (QED) is 0.892. The fourth-order valence-electron chi connectivity index (χ4n) is 3.19. The molecule has 4 rings (SSSR count). The lowest BCUT2D eigenvalue weighted by molar-refractivity contribution is 0.262. The van der Waals surface area contributed by atoms with Crippen LogP contribution in [0, 0.1) is 0 Å². The van der Waals surface area contributed by atoms with Crippen molar-refractivity contribution < 1.29 is 19.0 Å². The van der Waals surface area contributed by atoms with Crippen LogP contribution >= 0.6 is 0 Å². The Morgan fingerprint density at radius 3 is 2.72 bits per heavy atom. The predicted octanol–water partition coefficient (Wildman–Crippen LogP) is 3.60. The molecule has 0 saturated carbocycles. The molecule has 2 aromatic rings. The Balaban J connectivity index is 1.52. The molecule has 0 saturated heterocycles. The lowest BCUT2D eigenvalue weighted by Crippen LogP contribution is -2.20. The molecule has 130 valence electrons. The lowest BCUT2D eigenvalue weighted by atomic mass is 10.0. The monoisotopic (exact) mass is 340 g/mol. The first-order valence-corrected chi connectivity index (χ1v) is 8.50. The molecule has 2 aliphatic heterocycles. The number of hydrogen-bond acceptors (Lipinski definition) is 4. The van der Waals surface area contributed by atoms with Crippen LogP contribution in [0.2, 0.25) is 0 Å². The van der Waals surface area contributed by atoms with Crippen LogP contribution in [0.5, 0.6) is 17.2 Å². The van der Waals surface area contributed by atoms with E-state index in [1.165, 1.54) is 0 Å². The van der Waals surface area contributed by atoms with Gasteiger partial charge >= 0.3 is 6.03 Å². The maximum absolute atomic E-state index is 12.4. The Bertz CT molecular complexity index is 770. The van der Waals surface area contributed by atoms with Gasteiger partial charge in [0.2, 0.25) is 0 Å². The van der Waals surface area contributed by atoms with E-state index in [1.54, 1.807) is 0 Å². The van der Waals surface area contributed by atoms with Crippen molar-refractivity contribution in [1.29, 1.82) is 0 Å². The molecular weight excluding hydrogens is 320 g/mol. The highest BCUT2D eigenvalue weighted by Crippen LogP contribution is 2.44. The molecule has 2 aliphatic rings. The maximum Gasteiger partial charge on any atom is 0.323 e. The third kappa shape index (κ3) is 3.07. The van der Waals surface area contributed by atoms with E-state index in [2.05, 4.69) is 10.6 Å². The molecule has 25 heavy (non-hydrogen) atoms. The highest BCUT2D eigenvalue weighted by Gasteiger charge is 2.27. The Labute approximate surface area is 146 Å². The summed E-state index contributed by atoms with van der Waals surface area (Å²) in [6, 6.07) is 9.00. The van der Waals surface area contributed by atoms with Crippen LogP contribution < -0.4 is 24.8 Å². The van der Waals surface area contributed by atoms with E-state index < -0.39 is 0 Å². The second-order valence-electron chi connectivity index (χ2n) is 5.95. The van der Waals surface area contributed by atoms with Gasteiger partial charge in [-0.05, 0) is 37.3 Å². The fraction of sp³-hybridized carbons (Fsp3) is 0.316. The first-order chi connectivity index (χ1) is 12.2. The van der Waals surface area contributed by atoms with Gasteiger partial charge in [0.25, 0.3) is 0 Å². The number of amides is 2. The number of ether oxygens (including phenoxy) is 3.